The van der Waals surface area contributed by atoms with Crippen molar-refractivity contribution in [2.24, 2.45) is 5.73 Å². The third-order valence-corrected chi connectivity index (χ3v) is 2.07. The molecule has 0 saturated heterocycles. The first kappa shape index (κ1) is 11.7. The number of hydrogen-bond acceptors (Lipinski definition) is 3. The average Bonchev–Trinajstić information content (AvgIpc) is 2.18. The van der Waals surface area contributed by atoms with Gasteiger partial charge in [-0.1, -0.05) is 0 Å². The van der Waals surface area contributed by atoms with Gasteiger partial charge in [-0.25, -0.2) is 4.39 Å². The zero-order valence-corrected chi connectivity index (χ0v) is 8.80. The molecule has 0 aliphatic heterocycles. The van der Waals surface area contributed by atoms with E-state index in [2.05, 4.69) is 4.74 Å². The van der Waals surface area contributed by atoms with Gasteiger partial charge in [0.05, 0.1) is 14.2 Å². The molecular weight excluding hydrogens is 204 g/mol. The fourth-order valence-corrected chi connectivity index (χ4v) is 1.27. The normalized spacial score (nSPS) is 12.4. The lowest BCUT2D eigenvalue weighted by Gasteiger charge is -2.14. The summed E-state index contributed by atoms with van der Waals surface area (Å²) in [6.07, 6.45) is 0. The van der Waals surface area contributed by atoms with E-state index >= 15 is 0 Å². The molecule has 0 heterocycles. The van der Waals surface area contributed by atoms with Crippen LogP contribution in [0, 0.1) is 11.6 Å². The molecule has 0 aromatic heterocycles. The molecule has 0 bridgehead atoms. The number of benzene rings is 1. The Morgan fingerprint density at radius 1 is 1.20 bits per heavy atom. The second-order valence-electron chi connectivity index (χ2n) is 3.12. The Labute approximate surface area is 86.8 Å². The first-order valence-corrected chi connectivity index (χ1v) is 4.38. The molecule has 1 unspecified atom stereocenters. The van der Waals surface area contributed by atoms with Crippen LogP contribution in [-0.2, 0) is 0 Å². The second-order valence-corrected chi connectivity index (χ2v) is 3.12. The number of nitrogens with two attached hydrogens (primary N) is 1. The molecule has 0 spiro atoms. The van der Waals surface area contributed by atoms with E-state index in [1.807, 2.05) is 0 Å². The molecule has 1 rings (SSSR count). The van der Waals surface area contributed by atoms with Gasteiger partial charge in [-0.2, -0.15) is 4.39 Å². The third kappa shape index (κ3) is 2.02. The van der Waals surface area contributed by atoms with Gasteiger partial charge >= 0.3 is 0 Å². The predicted octanol–water partition coefficient (Wildman–Crippen LogP) is 2.00. The monoisotopic (exact) mass is 217 g/mol. The highest BCUT2D eigenvalue weighted by atomic mass is 19.1. The maximum Gasteiger partial charge on any atom is 0.209 e. The summed E-state index contributed by atoms with van der Waals surface area (Å²) in [7, 11) is 2.48. The van der Waals surface area contributed by atoms with Crippen molar-refractivity contribution >= 4 is 0 Å². The first-order chi connectivity index (χ1) is 7.02. The van der Waals surface area contributed by atoms with E-state index in [-0.39, 0.29) is 11.3 Å². The van der Waals surface area contributed by atoms with Crippen molar-refractivity contribution in [1.29, 1.82) is 0 Å². The minimum Gasteiger partial charge on any atom is -0.494 e. The van der Waals surface area contributed by atoms with Gasteiger partial charge in [-0.3, -0.25) is 0 Å². The molecule has 0 aliphatic rings. The molecule has 3 nitrogen and oxygen atoms in total. The van der Waals surface area contributed by atoms with Crippen LogP contribution in [0.3, 0.4) is 0 Å². The SMILES string of the molecule is COc1cc(C(C)N)c(F)c(OC)c1F. The molecule has 0 aliphatic carbocycles. The van der Waals surface area contributed by atoms with Crippen LogP contribution in [0.1, 0.15) is 18.5 Å². The highest BCUT2D eigenvalue weighted by molar-refractivity contribution is 5.43. The van der Waals surface area contributed by atoms with Gasteiger partial charge in [0.25, 0.3) is 0 Å². The zero-order valence-electron chi connectivity index (χ0n) is 8.80. The Bertz CT molecular complexity index is 367. The number of methoxy groups -OCH3 is 2. The number of rotatable bonds is 3. The lowest BCUT2D eigenvalue weighted by molar-refractivity contribution is 0.330. The highest BCUT2D eigenvalue weighted by Gasteiger charge is 2.21. The third-order valence-electron chi connectivity index (χ3n) is 2.07. The van der Waals surface area contributed by atoms with Crippen molar-refractivity contribution in [1.82, 2.24) is 0 Å². The number of halogens is 2. The largest absolute Gasteiger partial charge is 0.494 e. The summed E-state index contributed by atoms with van der Waals surface area (Å²) >= 11 is 0. The number of ether oxygens (including phenoxy) is 2. The first-order valence-electron chi connectivity index (χ1n) is 4.38. The van der Waals surface area contributed by atoms with E-state index < -0.39 is 23.4 Å². The Hall–Kier alpha value is -1.36. The topological polar surface area (TPSA) is 44.5 Å². The average molecular weight is 217 g/mol. The molecule has 5 heteroatoms. The van der Waals surface area contributed by atoms with E-state index in [0.717, 1.165) is 0 Å². The van der Waals surface area contributed by atoms with Crippen LogP contribution in [-0.4, -0.2) is 14.2 Å². The van der Waals surface area contributed by atoms with Crippen LogP contribution < -0.4 is 15.2 Å². The number of hydrogen-bond donors (Lipinski definition) is 1. The molecule has 0 amide bonds. The van der Waals surface area contributed by atoms with Crippen LogP contribution in [0.5, 0.6) is 11.5 Å². The van der Waals surface area contributed by atoms with Gasteiger partial charge < -0.3 is 15.2 Å². The molecule has 0 radical (unpaired) electrons. The Morgan fingerprint density at radius 3 is 2.20 bits per heavy atom. The van der Waals surface area contributed by atoms with Crippen molar-refractivity contribution in [3.05, 3.63) is 23.3 Å². The molecule has 1 aromatic carbocycles. The van der Waals surface area contributed by atoms with Crippen molar-refractivity contribution < 1.29 is 18.3 Å². The summed E-state index contributed by atoms with van der Waals surface area (Å²) < 4.78 is 36.4. The minimum atomic E-state index is -0.859. The molecule has 0 saturated carbocycles. The van der Waals surface area contributed by atoms with Crippen LogP contribution in [0.15, 0.2) is 6.07 Å². The van der Waals surface area contributed by atoms with Crippen molar-refractivity contribution in [3.8, 4) is 11.5 Å². The van der Waals surface area contributed by atoms with Gasteiger partial charge in [0, 0.05) is 11.6 Å². The molecule has 2 N–H and O–H groups in total. The molecular formula is C10H13F2NO2. The van der Waals surface area contributed by atoms with Crippen molar-refractivity contribution in [3.63, 3.8) is 0 Å². The van der Waals surface area contributed by atoms with E-state index in [0.29, 0.717) is 0 Å². The van der Waals surface area contributed by atoms with E-state index in [4.69, 9.17) is 10.5 Å². The maximum atomic E-state index is 13.6. The summed E-state index contributed by atoms with van der Waals surface area (Å²) in [5, 5.41) is 0. The lowest BCUT2D eigenvalue weighted by atomic mass is 10.1. The zero-order chi connectivity index (χ0) is 11.6. The van der Waals surface area contributed by atoms with Crippen molar-refractivity contribution in [2.45, 2.75) is 13.0 Å². The van der Waals surface area contributed by atoms with Crippen LogP contribution in [0.4, 0.5) is 8.78 Å². The lowest BCUT2D eigenvalue weighted by Crippen LogP contribution is -2.10. The summed E-state index contributed by atoms with van der Waals surface area (Å²) in [6, 6.07) is 0.672. The standard InChI is InChI=1S/C10H13F2NO2/c1-5(13)6-4-7(14-2)9(12)10(15-3)8(6)11/h4-5H,13H2,1-3H3. The summed E-state index contributed by atoms with van der Waals surface area (Å²) in [5.41, 5.74) is 5.70. The van der Waals surface area contributed by atoms with Gasteiger partial charge in [0.2, 0.25) is 5.82 Å². The van der Waals surface area contributed by atoms with Gasteiger partial charge in [0.1, 0.15) is 0 Å². The van der Waals surface area contributed by atoms with Crippen molar-refractivity contribution in [2.75, 3.05) is 14.2 Å². The van der Waals surface area contributed by atoms with Gasteiger partial charge in [-0.15, -0.1) is 0 Å². The summed E-state index contributed by atoms with van der Waals surface area (Å²) in [4.78, 5) is 0. The van der Waals surface area contributed by atoms with E-state index in [1.54, 1.807) is 6.92 Å². The van der Waals surface area contributed by atoms with Gasteiger partial charge in [-0.05, 0) is 13.0 Å². The molecule has 1 aromatic rings. The fourth-order valence-electron chi connectivity index (χ4n) is 1.27. The summed E-state index contributed by atoms with van der Waals surface area (Å²) in [6.45, 7) is 1.59. The Morgan fingerprint density at radius 2 is 1.80 bits per heavy atom. The quantitative estimate of drug-likeness (QED) is 0.842. The highest BCUT2D eigenvalue weighted by Crippen LogP contribution is 2.34. The van der Waals surface area contributed by atoms with E-state index in [1.165, 1.54) is 20.3 Å². The smallest absolute Gasteiger partial charge is 0.209 e. The Kier molecular flexibility index (Phi) is 3.47. The molecule has 0 fully saturated rings. The fraction of sp³-hybridized carbons (Fsp3) is 0.400. The van der Waals surface area contributed by atoms with E-state index in [9.17, 15) is 8.78 Å². The predicted molar refractivity (Wildman–Crippen MR) is 52.1 cm³/mol. The van der Waals surface area contributed by atoms with Crippen LogP contribution in [0.25, 0.3) is 0 Å². The summed E-state index contributed by atoms with van der Waals surface area (Å²) in [5.74, 6) is -2.20. The maximum absolute atomic E-state index is 13.6. The van der Waals surface area contributed by atoms with Gasteiger partial charge in [0.15, 0.2) is 17.3 Å². The van der Waals surface area contributed by atoms with Crippen LogP contribution >= 0.6 is 0 Å². The Balaban J connectivity index is 3.44. The minimum absolute atomic E-state index is 0.0828. The van der Waals surface area contributed by atoms with Crippen LogP contribution in [0.2, 0.25) is 0 Å². The molecule has 84 valence electrons. The second kappa shape index (κ2) is 4.44. The molecule has 1 atom stereocenters. The molecule has 15 heavy (non-hydrogen) atoms.